The van der Waals surface area contributed by atoms with E-state index in [2.05, 4.69) is 19.9 Å². The molecule has 0 saturated heterocycles. The molecule has 2 nitrogen and oxygen atoms in total. The molecule has 2 aliphatic carbocycles. The first-order valence-corrected chi connectivity index (χ1v) is 6.88. The highest BCUT2D eigenvalue weighted by molar-refractivity contribution is 5.13. The summed E-state index contributed by atoms with van der Waals surface area (Å²) in [5, 5.41) is 19.2. The zero-order valence-corrected chi connectivity index (χ0v) is 11.4. The number of aliphatic hydroxyl groups is 2. The fraction of sp³-hybridized carbons (Fsp3) is 0.867. The highest BCUT2D eigenvalue weighted by Gasteiger charge is 2.62. The van der Waals surface area contributed by atoms with Gasteiger partial charge in [-0.3, -0.25) is 0 Å². The van der Waals surface area contributed by atoms with Crippen molar-refractivity contribution in [3.8, 4) is 0 Å². The van der Waals surface area contributed by atoms with Gasteiger partial charge in [-0.1, -0.05) is 25.5 Å². The number of hydrogen-bond donors (Lipinski definition) is 2. The summed E-state index contributed by atoms with van der Waals surface area (Å²) in [5.74, 6) is 0.699. The summed E-state index contributed by atoms with van der Waals surface area (Å²) < 4.78 is 0. The summed E-state index contributed by atoms with van der Waals surface area (Å²) in [5.41, 5.74) is 1.47. The largest absolute Gasteiger partial charge is 0.393 e. The Morgan fingerprint density at radius 1 is 1.41 bits per heavy atom. The van der Waals surface area contributed by atoms with Gasteiger partial charge in [-0.25, -0.2) is 0 Å². The lowest BCUT2D eigenvalue weighted by atomic mass is 9.66. The number of rotatable bonds is 4. The van der Waals surface area contributed by atoms with Crippen LogP contribution in [0.4, 0.5) is 0 Å². The van der Waals surface area contributed by atoms with E-state index in [1.54, 1.807) is 0 Å². The van der Waals surface area contributed by atoms with E-state index >= 15 is 0 Å². The highest BCUT2D eigenvalue weighted by atomic mass is 16.3. The van der Waals surface area contributed by atoms with Crippen LogP contribution in [-0.4, -0.2) is 22.9 Å². The Kier molecular flexibility index (Phi) is 3.39. The predicted octanol–water partition coefficient (Wildman–Crippen LogP) is 2.89. The molecule has 0 amide bonds. The van der Waals surface area contributed by atoms with Crippen LogP contribution in [-0.2, 0) is 0 Å². The molecule has 2 bridgehead atoms. The maximum atomic E-state index is 10.2. The Labute approximate surface area is 105 Å². The van der Waals surface area contributed by atoms with Crippen LogP contribution in [0, 0.1) is 16.7 Å². The van der Waals surface area contributed by atoms with Crippen molar-refractivity contribution in [3.63, 3.8) is 0 Å². The minimum absolute atomic E-state index is 0.103. The monoisotopic (exact) mass is 238 g/mol. The van der Waals surface area contributed by atoms with E-state index in [9.17, 15) is 5.11 Å². The molecule has 2 rings (SSSR count). The molecule has 2 saturated carbocycles. The van der Waals surface area contributed by atoms with E-state index in [0.29, 0.717) is 11.3 Å². The van der Waals surface area contributed by atoms with Gasteiger partial charge in [0, 0.05) is 0 Å². The van der Waals surface area contributed by atoms with Crippen molar-refractivity contribution >= 4 is 0 Å². The zero-order valence-electron chi connectivity index (χ0n) is 11.4. The van der Waals surface area contributed by atoms with Crippen molar-refractivity contribution in [1.82, 2.24) is 0 Å². The zero-order chi connectivity index (χ0) is 12.7. The number of aliphatic hydroxyl groups excluding tert-OH is 2. The van der Waals surface area contributed by atoms with Gasteiger partial charge < -0.3 is 10.2 Å². The third-order valence-electron chi connectivity index (χ3n) is 5.87. The van der Waals surface area contributed by atoms with Crippen LogP contribution in [0.2, 0.25) is 0 Å². The molecule has 2 aliphatic rings. The molecular weight excluding hydrogens is 212 g/mol. The summed E-state index contributed by atoms with van der Waals surface area (Å²) in [6.07, 6.45) is 7.68. The first-order chi connectivity index (χ1) is 7.94. The lowest BCUT2D eigenvalue weighted by Gasteiger charge is -2.40. The second kappa shape index (κ2) is 4.40. The fourth-order valence-electron chi connectivity index (χ4n) is 4.17. The SMILES string of the molecule is C/C(=C/CCC1(C)C2CCC1(C)C(O)C2)CO. The Hall–Kier alpha value is -0.340. The van der Waals surface area contributed by atoms with Crippen molar-refractivity contribution in [1.29, 1.82) is 0 Å². The average Bonchev–Trinajstić information content (AvgIpc) is 2.64. The van der Waals surface area contributed by atoms with Crippen molar-refractivity contribution in [2.24, 2.45) is 16.7 Å². The molecule has 2 N–H and O–H groups in total. The van der Waals surface area contributed by atoms with E-state index in [0.717, 1.165) is 24.8 Å². The molecule has 0 aromatic carbocycles. The Morgan fingerprint density at radius 2 is 2.12 bits per heavy atom. The molecule has 0 radical (unpaired) electrons. The maximum absolute atomic E-state index is 10.2. The molecule has 2 heteroatoms. The predicted molar refractivity (Wildman–Crippen MR) is 69.6 cm³/mol. The lowest BCUT2D eigenvalue weighted by Crippen LogP contribution is -2.37. The van der Waals surface area contributed by atoms with Crippen LogP contribution in [0.25, 0.3) is 0 Å². The molecule has 4 atom stereocenters. The van der Waals surface area contributed by atoms with Crippen LogP contribution in [0.5, 0.6) is 0 Å². The number of fused-ring (bicyclic) bond motifs is 2. The highest BCUT2D eigenvalue weighted by Crippen LogP contribution is 2.67. The summed E-state index contributed by atoms with van der Waals surface area (Å²) >= 11 is 0. The summed E-state index contributed by atoms with van der Waals surface area (Å²) in [4.78, 5) is 0. The van der Waals surface area contributed by atoms with Crippen LogP contribution in [0.1, 0.15) is 52.9 Å². The van der Waals surface area contributed by atoms with Crippen LogP contribution >= 0.6 is 0 Å². The molecule has 0 aromatic rings. The lowest BCUT2D eigenvalue weighted by molar-refractivity contribution is 0.00199. The molecule has 98 valence electrons. The first-order valence-electron chi connectivity index (χ1n) is 6.88. The smallest absolute Gasteiger partial charge is 0.0639 e. The van der Waals surface area contributed by atoms with E-state index in [4.69, 9.17) is 5.11 Å². The van der Waals surface area contributed by atoms with Gasteiger partial charge in [0.2, 0.25) is 0 Å². The van der Waals surface area contributed by atoms with Crippen LogP contribution in [0.15, 0.2) is 11.6 Å². The molecule has 0 spiro atoms. The second-order valence-corrected chi connectivity index (χ2v) is 6.57. The summed E-state index contributed by atoms with van der Waals surface area (Å²) in [6, 6.07) is 0. The Bertz CT molecular complexity index is 323. The standard InChI is InChI=1S/C15H26O2/c1-11(10-16)5-4-7-14(2)12-6-8-15(14,3)13(17)9-12/h5,12-13,16-17H,4,6-10H2,1-3H3/b11-5-. The minimum Gasteiger partial charge on any atom is -0.393 e. The van der Waals surface area contributed by atoms with E-state index in [1.165, 1.54) is 12.8 Å². The quantitative estimate of drug-likeness (QED) is 0.739. The van der Waals surface area contributed by atoms with Crippen molar-refractivity contribution in [2.75, 3.05) is 6.61 Å². The van der Waals surface area contributed by atoms with E-state index < -0.39 is 0 Å². The van der Waals surface area contributed by atoms with E-state index in [1.807, 2.05) is 6.92 Å². The summed E-state index contributed by atoms with van der Waals surface area (Å²) in [7, 11) is 0. The molecule has 0 heterocycles. The van der Waals surface area contributed by atoms with Gasteiger partial charge in [-0.15, -0.1) is 0 Å². The van der Waals surface area contributed by atoms with Crippen molar-refractivity contribution in [2.45, 2.75) is 59.0 Å². The molecule has 0 aromatic heterocycles. The van der Waals surface area contributed by atoms with Crippen molar-refractivity contribution < 1.29 is 10.2 Å². The first kappa shape index (κ1) is 13.1. The van der Waals surface area contributed by atoms with Gasteiger partial charge in [0.1, 0.15) is 0 Å². The van der Waals surface area contributed by atoms with Gasteiger partial charge in [0.15, 0.2) is 0 Å². The van der Waals surface area contributed by atoms with Gasteiger partial charge in [0.25, 0.3) is 0 Å². The molecule has 17 heavy (non-hydrogen) atoms. The third-order valence-corrected chi connectivity index (χ3v) is 5.87. The Balaban J connectivity index is 2.05. The third kappa shape index (κ3) is 1.86. The molecule has 2 fully saturated rings. The normalized spacial score (nSPS) is 45.6. The van der Waals surface area contributed by atoms with Gasteiger partial charge in [-0.05, 0) is 55.8 Å². The number of hydrogen-bond acceptors (Lipinski definition) is 2. The van der Waals surface area contributed by atoms with Gasteiger partial charge >= 0.3 is 0 Å². The van der Waals surface area contributed by atoms with Gasteiger partial charge in [-0.2, -0.15) is 0 Å². The fourth-order valence-corrected chi connectivity index (χ4v) is 4.17. The molecular formula is C15H26O2. The van der Waals surface area contributed by atoms with E-state index in [-0.39, 0.29) is 18.1 Å². The maximum Gasteiger partial charge on any atom is 0.0639 e. The van der Waals surface area contributed by atoms with Gasteiger partial charge in [0.05, 0.1) is 12.7 Å². The topological polar surface area (TPSA) is 40.5 Å². The summed E-state index contributed by atoms with van der Waals surface area (Å²) in [6.45, 7) is 6.78. The second-order valence-electron chi connectivity index (χ2n) is 6.57. The average molecular weight is 238 g/mol. The molecule has 0 aliphatic heterocycles. The van der Waals surface area contributed by atoms with Crippen molar-refractivity contribution in [3.05, 3.63) is 11.6 Å². The minimum atomic E-state index is -0.103. The van der Waals surface area contributed by atoms with Crippen LogP contribution in [0.3, 0.4) is 0 Å². The van der Waals surface area contributed by atoms with Crippen LogP contribution < -0.4 is 0 Å². The molecule has 4 unspecified atom stereocenters. The Morgan fingerprint density at radius 3 is 2.59 bits per heavy atom. The number of allylic oxidation sites excluding steroid dienone is 1.